The lowest BCUT2D eigenvalue weighted by Crippen LogP contribution is -2.51. The molecule has 2 aromatic rings. The summed E-state index contributed by atoms with van der Waals surface area (Å²) in [7, 11) is 1.65. The van der Waals surface area contributed by atoms with E-state index in [1.165, 1.54) is 0 Å². The molecule has 1 aliphatic carbocycles. The number of ether oxygens (including phenoxy) is 1. The van der Waals surface area contributed by atoms with Crippen LogP contribution in [-0.2, 0) is 11.3 Å². The first-order valence-corrected chi connectivity index (χ1v) is 7.76. The molecule has 0 aromatic heterocycles. The van der Waals surface area contributed by atoms with Gasteiger partial charge in [0, 0.05) is 12.1 Å². The number of benzene rings is 2. The predicted octanol–water partition coefficient (Wildman–Crippen LogP) is 2.74. The Morgan fingerprint density at radius 2 is 1.95 bits per heavy atom. The molecular formula is C18H22N2O2. The highest BCUT2D eigenvalue weighted by Gasteiger charge is 2.36. The zero-order valence-corrected chi connectivity index (χ0v) is 12.9. The number of carbonyl (C=O) groups excluding carboxylic acids is 1. The van der Waals surface area contributed by atoms with Crippen molar-refractivity contribution in [1.29, 1.82) is 0 Å². The number of hydrogen-bond acceptors (Lipinski definition) is 3. The standard InChI is InChI=1S/C18H22N2O2/c1-22-16-9-8-13-6-2-3-7-14(13)15(16)12-20-17(21)18(19)10-4-5-11-18/h2-3,6-9H,4-5,10-12,19H2,1H3,(H,20,21). The van der Waals surface area contributed by atoms with Gasteiger partial charge in [-0.15, -0.1) is 0 Å². The van der Waals surface area contributed by atoms with E-state index in [-0.39, 0.29) is 5.91 Å². The molecule has 3 rings (SSSR count). The SMILES string of the molecule is COc1ccc2ccccc2c1CNC(=O)C1(N)CCCC1. The van der Waals surface area contributed by atoms with Gasteiger partial charge in [0.15, 0.2) is 0 Å². The van der Waals surface area contributed by atoms with Crippen molar-refractivity contribution in [3.05, 3.63) is 42.0 Å². The number of carbonyl (C=O) groups is 1. The minimum Gasteiger partial charge on any atom is -0.496 e. The van der Waals surface area contributed by atoms with Crippen LogP contribution in [0.3, 0.4) is 0 Å². The summed E-state index contributed by atoms with van der Waals surface area (Å²) in [6.07, 6.45) is 3.60. The summed E-state index contributed by atoms with van der Waals surface area (Å²) < 4.78 is 5.45. The molecule has 0 atom stereocenters. The Morgan fingerprint density at radius 3 is 2.68 bits per heavy atom. The normalized spacial score (nSPS) is 16.6. The second-order valence-corrected chi connectivity index (χ2v) is 6.01. The maximum atomic E-state index is 12.4. The van der Waals surface area contributed by atoms with Crippen LogP contribution in [0.4, 0.5) is 0 Å². The topological polar surface area (TPSA) is 64.3 Å². The van der Waals surface area contributed by atoms with Crippen LogP contribution in [0.2, 0.25) is 0 Å². The number of nitrogens with two attached hydrogens (primary N) is 1. The molecule has 0 aliphatic heterocycles. The Morgan fingerprint density at radius 1 is 1.23 bits per heavy atom. The maximum absolute atomic E-state index is 12.4. The fourth-order valence-corrected chi connectivity index (χ4v) is 3.27. The van der Waals surface area contributed by atoms with Gasteiger partial charge >= 0.3 is 0 Å². The molecule has 0 unspecified atom stereocenters. The lowest BCUT2D eigenvalue weighted by molar-refractivity contribution is -0.126. The van der Waals surface area contributed by atoms with Crippen molar-refractivity contribution < 1.29 is 9.53 Å². The van der Waals surface area contributed by atoms with Crippen molar-refractivity contribution in [2.24, 2.45) is 5.73 Å². The Balaban J connectivity index is 1.85. The van der Waals surface area contributed by atoms with E-state index < -0.39 is 5.54 Å². The Hall–Kier alpha value is -2.07. The molecule has 4 heteroatoms. The van der Waals surface area contributed by atoms with E-state index in [4.69, 9.17) is 10.5 Å². The lowest BCUT2D eigenvalue weighted by atomic mass is 9.97. The fraction of sp³-hybridized carbons (Fsp3) is 0.389. The molecule has 1 amide bonds. The number of amides is 1. The molecule has 1 saturated carbocycles. The summed E-state index contributed by atoms with van der Waals surface area (Å²) in [6, 6.07) is 12.1. The molecular weight excluding hydrogens is 276 g/mol. The van der Waals surface area contributed by atoms with E-state index in [0.717, 1.165) is 47.8 Å². The number of rotatable bonds is 4. The van der Waals surface area contributed by atoms with Crippen LogP contribution in [-0.4, -0.2) is 18.6 Å². The monoisotopic (exact) mass is 298 g/mol. The van der Waals surface area contributed by atoms with Gasteiger partial charge < -0.3 is 15.8 Å². The molecule has 1 fully saturated rings. The van der Waals surface area contributed by atoms with Gasteiger partial charge in [-0.2, -0.15) is 0 Å². The summed E-state index contributed by atoms with van der Waals surface area (Å²) in [4.78, 5) is 12.4. The first-order valence-electron chi connectivity index (χ1n) is 7.76. The first-order chi connectivity index (χ1) is 10.6. The minimum absolute atomic E-state index is 0.0556. The van der Waals surface area contributed by atoms with E-state index in [0.29, 0.717) is 6.54 Å². The number of nitrogens with one attached hydrogen (secondary N) is 1. The highest BCUT2D eigenvalue weighted by Crippen LogP contribution is 2.29. The Kier molecular flexibility index (Phi) is 4.03. The molecule has 2 aromatic carbocycles. The van der Waals surface area contributed by atoms with Crippen molar-refractivity contribution in [2.75, 3.05) is 7.11 Å². The van der Waals surface area contributed by atoms with Gasteiger partial charge in [0.2, 0.25) is 5.91 Å². The van der Waals surface area contributed by atoms with Crippen LogP contribution in [0.25, 0.3) is 10.8 Å². The molecule has 0 saturated heterocycles. The van der Waals surface area contributed by atoms with Crippen molar-refractivity contribution >= 4 is 16.7 Å². The van der Waals surface area contributed by atoms with E-state index >= 15 is 0 Å². The minimum atomic E-state index is -0.697. The van der Waals surface area contributed by atoms with Gasteiger partial charge in [-0.1, -0.05) is 43.2 Å². The molecule has 4 nitrogen and oxygen atoms in total. The van der Waals surface area contributed by atoms with Crippen molar-refractivity contribution in [3.8, 4) is 5.75 Å². The summed E-state index contributed by atoms with van der Waals surface area (Å²) in [6.45, 7) is 0.433. The van der Waals surface area contributed by atoms with E-state index in [1.807, 2.05) is 30.3 Å². The predicted molar refractivity (Wildman–Crippen MR) is 87.7 cm³/mol. The molecule has 22 heavy (non-hydrogen) atoms. The van der Waals surface area contributed by atoms with Crippen molar-refractivity contribution in [2.45, 2.75) is 37.8 Å². The van der Waals surface area contributed by atoms with Crippen LogP contribution >= 0.6 is 0 Å². The van der Waals surface area contributed by atoms with Gasteiger partial charge in [0.05, 0.1) is 12.6 Å². The molecule has 0 radical (unpaired) electrons. The lowest BCUT2D eigenvalue weighted by Gasteiger charge is -2.23. The van der Waals surface area contributed by atoms with Crippen LogP contribution < -0.4 is 15.8 Å². The number of fused-ring (bicyclic) bond motifs is 1. The average molecular weight is 298 g/mol. The molecule has 0 bridgehead atoms. The molecule has 0 heterocycles. The van der Waals surface area contributed by atoms with Gasteiger partial charge in [0.1, 0.15) is 5.75 Å². The smallest absolute Gasteiger partial charge is 0.240 e. The molecule has 3 N–H and O–H groups in total. The van der Waals surface area contributed by atoms with Gasteiger partial charge in [-0.05, 0) is 29.7 Å². The molecule has 0 spiro atoms. The van der Waals surface area contributed by atoms with E-state index in [2.05, 4.69) is 11.4 Å². The van der Waals surface area contributed by atoms with Crippen LogP contribution in [0, 0.1) is 0 Å². The Bertz CT molecular complexity index is 691. The highest BCUT2D eigenvalue weighted by molar-refractivity contribution is 5.89. The van der Waals surface area contributed by atoms with Gasteiger partial charge in [0.25, 0.3) is 0 Å². The summed E-state index contributed by atoms with van der Waals surface area (Å²) in [5, 5.41) is 5.24. The zero-order valence-electron chi connectivity index (χ0n) is 12.9. The maximum Gasteiger partial charge on any atom is 0.240 e. The highest BCUT2D eigenvalue weighted by atomic mass is 16.5. The van der Waals surface area contributed by atoms with Gasteiger partial charge in [-0.25, -0.2) is 0 Å². The third-order valence-corrected chi connectivity index (χ3v) is 4.59. The van der Waals surface area contributed by atoms with Crippen LogP contribution in [0.1, 0.15) is 31.2 Å². The average Bonchev–Trinajstić information content (AvgIpc) is 3.00. The molecule has 116 valence electrons. The molecule has 1 aliphatic rings. The second kappa shape index (κ2) is 5.97. The summed E-state index contributed by atoms with van der Waals surface area (Å²) in [5.41, 5.74) is 6.51. The van der Waals surface area contributed by atoms with E-state index in [1.54, 1.807) is 7.11 Å². The first kappa shape index (κ1) is 14.9. The second-order valence-electron chi connectivity index (χ2n) is 6.01. The summed E-state index contributed by atoms with van der Waals surface area (Å²) in [5.74, 6) is 0.733. The number of hydrogen-bond donors (Lipinski definition) is 2. The van der Waals surface area contributed by atoms with Crippen molar-refractivity contribution in [3.63, 3.8) is 0 Å². The fourth-order valence-electron chi connectivity index (χ4n) is 3.27. The van der Waals surface area contributed by atoms with E-state index in [9.17, 15) is 4.79 Å². The van der Waals surface area contributed by atoms with Crippen LogP contribution in [0.15, 0.2) is 36.4 Å². The van der Waals surface area contributed by atoms with Crippen LogP contribution in [0.5, 0.6) is 5.75 Å². The Labute approximate surface area is 130 Å². The third kappa shape index (κ3) is 2.66. The largest absolute Gasteiger partial charge is 0.496 e. The quantitative estimate of drug-likeness (QED) is 0.912. The zero-order chi connectivity index (χ0) is 15.6. The summed E-state index contributed by atoms with van der Waals surface area (Å²) >= 11 is 0. The third-order valence-electron chi connectivity index (χ3n) is 4.59. The number of methoxy groups -OCH3 is 1. The van der Waals surface area contributed by atoms with Crippen molar-refractivity contribution in [1.82, 2.24) is 5.32 Å². The van der Waals surface area contributed by atoms with Gasteiger partial charge in [-0.3, -0.25) is 4.79 Å².